The van der Waals surface area contributed by atoms with Crippen molar-refractivity contribution in [2.45, 2.75) is 30.2 Å². The minimum absolute atomic E-state index is 0.145. The van der Waals surface area contributed by atoms with Crippen molar-refractivity contribution >= 4 is 25.8 Å². The topological polar surface area (TPSA) is 95.1 Å². The Labute approximate surface area is 137 Å². The SMILES string of the molecule is CN(C)CC(=O)N1CCN(S(=O)(=O)C2CC2)[C@@H]2CS(=O)(=O)C[C@@H]21. The van der Waals surface area contributed by atoms with Crippen molar-refractivity contribution in [2.24, 2.45) is 0 Å². The summed E-state index contributed by atoms with van der Waals surface area (Å²) in [5.41, 5.74) is 0. The molecule has 0 unspecified atom stereocenters. The van der Waals surface area contributed by atoms with Gasteiger partial charge >= 0.3 is 0 Å². The molecule has 0 radical (unpaired) electrons. The van der Waals surface area contributed by atoms with Gasteiger partial charge in [0.1, 0.15) is 0 Å². The van der Waals surface area contributed by atoms with E-state index in [2.05, 4.69) is 0 Å². The Morgan fingerprint density at radius 3 is 2.30 bits per heavy atom. The molecule has 2 heterocycles. The fraction of sp³-hybridized carbons (Fsp3) is 0.923. The predicted molar refractivity (Wildman–Crippen MR) is 85.1 cm³/mol. The number of hydrogen-bond acceptors (Lipinski definition) is 6. The largest absolute Gasteiger partial charge is 0.335 e. The maximum atomic E-state index is 12.6. The quantitative estimate of drug-likeness (QED) is 0.592. The summed E-state index contributed by atoms with van der Waals surface area (Å²) < 4.78 is 50.7. The van der Waals surface area contributed by atoms with Gasteiger partial charge in [0, 0.05) is 13.1 Å². The molecule has 1 aliphatic carbocycles. The van der Waals surface area contributed by atoms with Crippen LogP contribution in [0.4, 0.5) is 0 Å². The number of nitrogens with zero attached hydrogens (tertiary/aromatic N) is 3. The molecule has 1 amide bonds. The third kappa shape index (κ3) is 3.26. The highest BCUT2D eigenvalue weighted by atomic mass is 32.2. The molecular weight excluding hydrogens is 342 g/mol. The number of carbonyl (C=O) groups is 1. The molecule has 132 valence electrons. The van der Waals surface area contributed by atoms with E-state index in [0.29, 0.717) is 12.8 Å². The Hall–Kier alpha value is -0.710. The molecule has 3 fully saturated rings. The number of carbonyl (C=O) groups excluding carboxylic acids is 1. The molecule has 0 aromatic carbocycles. The van der Waals surface area contributed by atoms with Gasteiger partial charge in [0.15, 0.2) is 9.84 Å². The average molecular weight is 365 g/mol. The van der Waals surface area contributed by atoms with Crippen molar-refractivity contribution in [1.29, 1.82) is 0 Å². The second kappa shape index (κ2) is 5.68. The lowest BCUT2D eigenvalue weighted by molar-refractivity contribution is -0.136. The van der Waals surface area contributed by atoms with E-state index in [1.807, 2.05) is 0 Å². The van der Waals surface area contributed by atoms with Crippen molar-refractivity contribution in [3.05, 3.63) is 0 Å². The third-order valence-electron chi connectivity index (χ3n) is 4.67. The summed E-state index contributed by atoms with van der Waals surface area (Å²) >= 11 is 0. The van der Waals surface area contributed by atoms with Gasteiger partial charge in [-0.1, -0.05) is 0 Å². The molecule has 8 nitrogen and oxygen atoms in total. The van der Waals surface area contributed by atoms with Crippen LogP contribution in [-0.2, 0) is 24.7 Å². The number of sulfone groups is 1. The van der Waals surface area contributed by atoms with Crippen molar-refractivity contribution in [3.63, 3.8) is 0 Å². The van der Waals surface area contributed by atoms with Crippen LogP contribution in [0.1, 0.15) is 12.8 Å². The molecule has 0 aromatic heterocycles. The lowest BCUT2D eigenvalue weighted by atomic mass is 10.1. The first-order valence-electron chi connectivity index (χ1n) is 7.77. The minimum Gasteiger partial charge on any atom is -0.335 e. The normalized spacial score (nSPS) is 31.3. The number of hydrogen-bond donors (Lipinski definition) is 0. The van der Waals surface area contributed by atoms with Gasteiger partial charge in [0.05, 0.1) is 35.4 Å². The monoisotopic (exact) mass is 365 g/mol. The molecule has 3 aliphatic rings. The van der Waals surface area contributed by atoms with E-state index >= 15 is 0 Å². The molecule has 23 heavy (non-hydrogen) atoms. The number of rotatable bonds is 4. The van der Waals surface area contributed by atoms with Crippen molar-refractivity contribution in [3.8, 4) is 0 Å². The number of sulfonamides is 1. The molecule has 2 aliphatic heterocycles. The highest BCUT2D eigenvalue weighted by molar-refractivity contribution is 7.92. The molecule has 2 atom stereocenters. The van der Waals surface area contributed by atoms with Crippen LogP contribution in [-0.4, -0.2) is 99.4 Å². The summed E-state index contributed by atoms with van der Waals surface area (Å²) in [5, 5.41) is -0.365. The summed E-state index contributed by atoms with van der Waals surface area (Å²) in [6.45, 7) is 0.642. The second-order valence-electron chi connectivity index (χ2n) is 6.89. The molecule has 3 rings (SSSR count). The van der Waals surface area contributed by atoms with Crippen molar-refractivity contribution in [2.75, 3.05) is 45.2 Å². The van der Waals surface area contributed by atoms with Crippen LogP contribution in [0.2, 0.25) is 0 Å². The van der Waals surface area contributed by atoms with E-state index in [0.717, 1.165) is 0 Å². The first-order valence-corrected chi connectivity index (χ1v) is 11.1. The van der Waals surface area contributed by atoms with E-state index in [1.165, 1.54) is 4.31 Å². The van der Waals surface area contributed by atoms with Crippen molar-refractivity contribution in [1.82, 2.24) is 14.1 Å². The van der Waals surface area contributed by atoms with Crippen LogP contribution in [0.5, 0.6) is 0 Å². The zero-order chi connectivity index (χ0) is 17.0. The van der Waals surface area contributed by atoms with E-state index in [-0.39, 0.29) is 42.3 Å². The molecule has 0 bridgehead atoms. The number of likely N-dealkylation sites (N-methyl/N-ethyl adjacent to an activating group) is 1. The van der Waals surface area contributed by atoms with Gasteiger partial charge < -0.3 is 9.80 Å². The van der Waals surface area contributed by atoms with Crippen LogP contribution < -0.4 is 0 Å². The number of piperazine rings is 1. The zero-order valence-electron chi connectivity index (χ0n) is 13.4. The number of amides is 1. The molecule has 1 saturated carbocycles. The highest BCUT2D eigenvalue weighted by Crippen LogP contribution is 2.36. The average Bonchev–Trinajstić information content (AvgIpc) is 3.19. The Balaban J connectivity index is 1.87. The van der Waals surface area contributed by atoms with Gasteiger partial charge in [-0.15, -0.1) is 0 Å². The first kappa shape index (κ1) is 17.1. The Bertz CT molecular complexity index is 699. The molecule has 0 aromatic rings. The maximum Gasteiger partial charge on any atom is 0.237 e. The molecular formula is C13H23N3O5S2. The smallest absolute Gasteiger partial charge is 0.237 e. The fourth-order valence-electron chi connectivity index (χ4n) is 3.47. The van der Waals surface area contributed by atoms with Crippen LogP contribution in [0.15, 0.2) is 0 Å². The van der Waals surface area contributed by atoms with Gasteiger partial charge in [0.25, 0.3) is 0 Å². The van der Waals surface area contributed by atoms with Gasteiger partial charge in [-0.25, -0.2) is 16.8 Å². The zero-order valence-corrected chi connectivity index (χ0v) is 15.0. The van der Waals surface area contributed by atoms with E-state index in [1.54, 1.807) is 23.9 Å². The van der Waals surface area contributed by atoms with Gasteiger partial charge in [-0.05, 0) is 26.9 Å². The molecule has 2 saturated heterocycles. The summed E-state index contributed by atoms with van der Waals surface area (Å²) in [6.07, 6.45) is 1.29. The van der Waals surface area contributed by atoms with Gasteiger partial charge in [-0.2, -0.15) is 4.31 Å². The van der Waals surface area contributed by atoms with Gasteiger partial charge in [-0.3, -0.25) is 4.79 Å². The molecule has 0 spiro atoms. The van der Waals surface area contributed by atoms with Crippen LogP contribution in [0.3, 0.4) is 0 Å². The molecule has 10 heteroatoms. The summed E-state index contributed by atoms with van der Waals surface area (Å²) in [4.78, 5) is 15.7. The van der Waals surface area contributed by atoms with Gasteiger partial charge in [0.2, 0.25) is 15.9 Å². The highest BCUT2D eigenvalue weighted by Gasteiger charge is 2.53. The lowest BCUT2D eigenvalue weighted by Gasteiger charge is -2.43. The third-order valence-corrected chi connectivity index (χ3v) is 8.79. The second-order valence-corrected chi connectivity index (χ2v) is 11.2. The van der Waals surface area contributed by atoms with E-state index in [4.69, 9.17) is 0 Å². The van der Waals surface area contributed by atoms with E-state index < -0.39 is 31.9 Å². The van der Waals surface area contributed by atoms with Crippen molar-refractivity contribution < 1.29 is 21.6 Å². The Morgan fingerprint density at radius 2 is 1.74 bits per heavy atom. The lowest BCUT2D eigenvalue weighted by Crippen LogP contribution is -2.63. The standard InChI is InChI=1S/C13H23N3O5S2/c1-14(2)7-13(17)15-5-6-16(23(20,21)10-3-4-10)12-9-22(18,19)8-11(12)15/h10-12H,3-9H2,1-2H3/t11-,12+/m0/s1. The summed E-state index contributed by atoms with van der Waals surface area (Å²) in [5.74, 6) is -0.478. The minimum atomic E-state index is -3.44. The predicted octanol–water partition coefficient (Wildman–Crippen LogP) is -1.65. The fourth-order valence-corrected chi connectivity index (χ4v) is 7.58. The van der Waals surface area contributed by atoms with Crippen LogP contribution >= 0.6 is 0 Å². The van der Waals surface area contributed by atoms with E-state index in [9.17, 15) is 21.6 Å². The summed E-state index contributed by atoms with van der Waals surface area (Å²) in [7, 11) is -3.24. The number of fused-ring (bicyclic) bond motifs is 1. The Morgan fingerprint density at radius 1 is 1.13 bits per heavy atom. The Kier molecular flexibility index (Phi) is 4.23. The van der Waals surface area contributed by atoms with Crippen LogP contribution in [0, 0.1) is 0 Å². The van der Waals surface area contributed by atoms with Crippen LogP contribution in [0.25, 0.3) is 0 Å². The molecule has 0 N–H and O–H groups in total. The maximum absolute atomic E-state index is 12.6. The first-order chi connectivity index (χ1) is 10.6. The summed E-state index contributed by atoms with van der Waals surface area (Å²) in [6, 6.07) is -1.19.